The van der Waals surface area contributed by atoms with E-state index in [4.69, 9.17) is 24.1 Å². The molecule has 1 aromatic carbocycles. The number of hydrogen-bond acceptors (Lipinski definition) is 8. The number of nitrogens with zero attached hydrogens (tertiary/aromatic N) is 5. The van der Waals surface area contributed by atoms with Crippen LogP contribution in [0.5, 0.6) is 17.2 Å². The van der Waals surface area contributed by atoms with Crippen LogP contribution in [0.4, 0.5) is 13.2 Å². The predicted octanol–water partition coefficient (Wildman–Crippen LogP) is 2.27. The first-order valence-electron chi connectivity index (χ1n) is 10.2. The number of carbonyl (C=O) groups excluding carboxylic acids is 1. The minimum absolute atomic E-state index is 0.0649. The molecule has 2 aromatic heterocycles. The van der Waals surface area contributed by atoms with Crippen molar-refractivity contribution < 1.29 is 42.1 Å². The van der Waals surface area contributed by atoms with Gasteiger partial charge in [0.2, 0.25) is 6.79 Å². The highest BCUT2D eigenvalue weighted by molar-refractivity contribution is 5.95. The molecule has 0 atom stereocenters. The lowest BCUT2D eigenvalue weighted by Gasteiger charge is -2.28. The first-order valence-corrected chi connectivity index (χ1v) is 10.2. The number of ether oxygens (including phenoxy) is 3. The van der Waals surface area contributed by atoms with E-state index in [9.17, 15) is 18.0 Å². The van der Waals surface area contributed by atoms with Crippen LogP contribution in [0.15, 0.2) is 42.7 Å². The number of pyridine rings is 1. The van der Waals surface area contributed by atoms with E-state index < -0.39 is 12.1 Å². The molecule has 184 valence electrons. The number of aliphatic carboxylic acids is 1. The smallest absolute Gasteiger partial charge is 0.486 e. The number of benzene rings is 1. The van der Waals surface area contributed by atoms with Crippen molar-refractivity contribution in [2.75, 3.05) is 13.3 Å². The quantitative estimate of drug-likeness (QED) is 0.582. The Bertz CT molecular complexity index is 1220. The summed E-state index contributed by atoms with van der Waals surface area (Å²) in [7, 11) is 0. The van der Waals surface area contributed by atoms with Gasteiger partial charge in [0.25, 0.3) is 5.91 Å². The van der Waals surface area contributed by atoms with Gasteiger partial charge in [0.1, 0.15) is 18.1 Å². The Morgan fingerprint density at radius 3 is 2.63 bits per heavy atom. The number of fused-ring (bicyclic) bond motifs is 2. The zero-order chi connectivity index (χ0) is 25.0. The van der Waals surface area contributed by atoms with Gasteiger partial charge in [-0.3, -0.25) is 9.78 Å². The van der Waals surface area contributed by atoms with E-state index in [-0.39, 0.29) is 19.3 Å². The second-order valence-electron chi connectivity index (χ2n) is 7.28. The average Bonchev–Trinajstić information content (AvgIpc) is 3.48. The molecule has 0 saturated carbocycles. The Morgan fingerprint density at radius 1 is 1.14 bits per heavy atom. The first-order chi connectivity index (χ1) is 16.7. The molecule has 0 aliphatic carbocycles. The van der Waals surface area contributed by atoms with Crippen LogP contribution in [-0.2, 0) is 24.5 Å². The van der Waals surface area contributed by atoms with E-state index in [1.165, 1.54) is 0 Å². The van der Waals surface area contributed by atoms with Gasteiger partial charge >= 0.3 is 12.1 Å². The van der Waals surface area contributed by atoms with Gasteiger partial charge in [0, 0.05) is 18.3 Å². The lowest BCUT2D eigenvalue weighted by atomic mass is 10.1. The summed E-state index contributed by atoms with van der Waals surface area (Å²) in [5.74, 6) is -0.904. The fourth-order valence-corrected chi connectivity index (χ4v) is 3.28. The molecule has 35 heavy (non-hydrogen) atoms. The van der Waals surface area contributed by atoms with E-state index >= 15 is 0 Å². The summed E-state index contributed by atoms with van der Waals surface area (Å²) in [4.78, 5) is 27.7. The lowest BCUT2D eigenvalue weighted by Crippen LogP contribution is -2.38. The summed E-state index contributed by atoms with van der Waals surface area (Å²) in [6, 6.07) is 8.88. The summed E-state index contributed by atoms with van der Waals surface area (Å²) >= 11 is 0. The summed E-state index contributed by atoms with van der Waals surface area (Å²) in [6.07, 6.45) is -1.75. The van der Waals surface area contributed by atoms with Crippen LogP contribution >= 0.6 is 0 Å². The van der Waals surface area contributed by atoms with Crippen LogP contribution in [0, 0.1) is 0 Å². The molecule has 5 rings (SSSR count). The molecule has 0 fully saturated rings. The number of aromatic nitrogens is 4. The third-order valence-corrected chi connectivity index (χ3v) is 5.00. The Balaban J connectivity index is 0.000000364. The van der Waals surface area contributed by atoms with Gasteiger partial charge in [-0.25, -0.2) is 9.48 Å². The van der Waals surface area contributed by atoms with E-state index in [1.54, 1.807) is 35.5 Å². The normalized spacial score (nSPS) is 14.0. The van der Waals surface area contributed by atoms with Crippen molar-refractivity contribution in [2.24, 2.45) is 0 Å². The number of hydrogen-bond donors (Lipinski definition) is 1. The molecule has 0 saturated heterocycles. The highest BCUT2D eigenvalue weighted by Gasteiger charge is 2.38. The number of carbonyl (C=O) groups is 2. The molecule has 0 unspecified atom stereocenters. The summed E-state index contributed by atoms with van der Waals surface area (Å²) in [5, 5.41) is 15.5. The Kier molecular flexibility index (Phi) is 6.71. The molecule has 11 nitrogen and oxygen atoms in total. The van der Waals surface area contributed by atoms with Crippen LogP contribution < -0.4 is 14.2 Å². The molecule has 2 aliphatic rings. The zero-order valence-electron chi connectivity index (χ0n) is 17.9. The van der Waals surface area contributed by atoms with Crippen molar-refractivity contribution in [1.29, 1.82) is 0 Å². The number of halogens is 3. The van der Waals surface area contributed by atoms with Crippen molar-refractivity contribution in [3.63, 3.8) is 0 Å². The Labute approximate surface area is 195 Å². The second-order valence-corrected chi connectivity index (χ2v) is 7.28. The van der Waals surface area contributed by atoms with E-state index in [2.05, 4.69) is 15.3 Å². The molecule has 14 heteroatoms. The second kappa shape index (κ2) is 9.87. The Morgan fingerprint density at radius 2 is 1.91 bits per heavy atom. The number of alkyl halides is 3. The van der Waals surface area contributed by atoms with Gasteiger partial charge in [0.15, 0.2) is 11.5 Å². The Hall–Kier alpha value is -4.36. The number of carboxylic acids is 1. The third-order valence-electron chi connectivity index (χ3n) is 5.00. The number of amides is 1. The summed E-state index contributed by atoms with van der Waals surface area (Å²) < 4.78 is 50.0. The molecule has 0 radical (unpaired) electrons. The van der Waals surface area contributed by atoms with Crippen LogP contribution in [0.25, 0.3) is 0 Å². The van der Waals surface area contributed by atoms with Gasteiger partial charge in [-0.15, -0.1) is 5.10 Å². The largest absolute Gasteiger partial charge is 0.490 e. The van der Waals surface area contributed by atoms with Crippen LogP contribution in [0.2, 0.25) is 0 Å². The highest BCUT2D eigenvalue weighted by atomic mass is 19.4. The molecule has 0 bridgehead atoms. The van der Waals surface area contributed by atoms with Gasteiger partial charge in [-0.2, -0.15) is 13.2 Å². The van der Waals surface area contributed by atoms with Gasteiger partial charge < -0.3 is 24.2 Å². The minimum Gasteiger partial charge on any atom is -0.486 e. The molecular formula is C21H18F3N5O6. The van der Waals surface area contributed by atoms with Crippen molar-refractivity contribution in [1.82, 2.24) is 24.9 Å². The van der Waals surface area contributed by atoms with E-state index in [1.807, 2.05) is 16.8 Å². The maximum atomic E-state index is 13.0. The fraction of sp³-hybridized carbons (Fsp3) is 0.286. The standard InChI is InChI=1S/C19H17N5O4.C2HF3O2/c25-19(13-3-4-17-18(8-13)28-12-27-17)23-6-7-24-16(10-23)15(21-22-24)11-26-14-2-1-5-20-9-14;3-2(4,5)1(6)7/h1-5,8-9H,6-7,10-12H2;(H,6,7). The number of carboxylic acid groups (broad SMARTS) is 1. The van der Waals surface area contributed by atoms with Crippen LogP contribution in [0.1, 0.15) is 21.7 Å². The minimum atomic E-state index is -5.08. The monoisotopic (exact) mass is 493 g/mol. The van der Waals surface area contributed by atoms with Crippen LogP contribution in [0.3, 0.4) is 0 Å². The highest BCUT2D eigenvalue weighted by Crippen LogP contribution is 2.33. The maximum absolute atomic E-state index is 13.0. The molecule has 1 N–H and O–H groups in total. The first kappa shape index (κ1) is 23.8. The van der Waals surface area contributed by atoms with Crippen molar-refractivity contribution in [3.05, 3.63) is 59.7 Å². The van der Waals surface area contributed by atoms with Crippen molar-refractivity contribution in [3.8, 4) is 17.2 Å². The third kappa shape index (κ3) is 5.59. The summed E-state index contributed by atoms with van der Waals surface area (Å²) in [5.41, 5.74) is 2.16. The molecule has 0 spiro atoms. The molecule has 4 heterocycles. The fourth-order valence-electron chi connectivity index (χ4n) is 3.28. The molecule has 1 amide bonds. The maximum Gasteiger partial charge on any atom is 0.490 e. The van der Waals surface area contributed by atoms with Gasteiger partial charge in [0.05, 0.1) is 25.0 Å². The summed E-state index contributed by atoms with van der Waals surface area (Å²) in [6.45, 7) is 2.03. The SMILES string of the molecule is O=C(O)C(F)(F)F.O=C(c1ccc2c(c1)OCO2)N1CCn2nnc(COc3cccnc3)c2C1. The molecular weight excluding hydrogens is 475 g/mol. The topological polar surface area (TPSA) is 129 Å². The van der Waals surface area contributed by atoms with E-state index in [0.717, 1.165) is 5.69 Å². The average molecular weight is 493 g/mol. The zero-order valence-corrected chi connectivity index (χ0v) is 17.9. The van der Waals surface area contributed by atoms with Crippen molar-refractivity contribution >= 4 is 11.9 Å². The predicted molar refractivity (Wildman–Crippen MR) is 110 cm³/mol. The molecule has 2 aliphatic heterocycles. The van der Waals surface area contributed by atoms with E-state index in [0.29, 0.717) is 48.1 Å². The van der Waals surface area contributed by atoms with Gasteiger partial charge in [-0.1, -0.05) is 5.21 Å². The number of rotatable bonds is 4. The van der Waals surface area contributed by atoms with Gasteiger partial charge in [-0.05, 0) is 30.3 Å². The lowest BCUT2D eigenvalue weighted by molar-refractivity contribution is -0.192. The van der Waals surface area contributed by atoms with Crippen molar-refractivity contribution in [2.45, 2.75) is 25.9 Å². The molecule has 3 aromatic rings. The van der Waals surface area contributed by atoms with Crippen LogP contribution in [-0.4, -0.2) is 61.4 Å².